The number of alkyl halides is 3. The van der Waals surface area contributed by atoms with Crippen molar-refractivity contribution < 1.29 is 22.3 Å². The molecule has 0 aliphatic heterocycles. The molecule has 0 aromatic heterocycles. The molecular formula is C30H28F4O. The van der Waals surface area contributed by atoms with E-state index in [9.17, 15) is 13.2 Å². The summed E-state index contributed by atoms with van der Waals surface area (Å²) in [6.07, 6.45) is 2.41. The Kier molecular flexibility index (Phi) is 7.80. The Balaban J connectivity index is 1.43. The van der Waals surface area contributed by atoms with E-state index in [0.29, 0.717) is 23.5 Å². The number of fused-ring (bicyclic) bond motifs is 1. The lowest BCUT2D eigenvalue weighted by Gasteiger charge is -2.26. The van der Waals surface area contributed by atoms with Crippen LogP contribution in [0.2, 0.25) is 0 Å². The molecule has 0 amide bonds. The number of rotatable bonds is 6. The topological polar surface area (TPSA) is 9.23 Å². The van der Waals surface area contributed by atoms with Crippen LogP contribution in [0.25, 0.3) is 0 Å². The van der Waals surface area contributed by atoms with E-state index in [2.05, 4.69) is 47.8 Å². The molecule has 0 saturated heterocycles. The van der Waals surface area contributed by atoms with Gasteiger partial charge in [0.25, 0.3) is 0 Å². The molecule has 4 rings (SSSR count). The van der Waals surface area contributed by atoms with Crippen molar-refractivity contribution in [3.8, 4) is 17.6 Å². The van der Waals surface area contributed by atoms with Crippen LogP contribution in [0.4, 0.5) is 17.6 Å². The highest BCUT2D eigenvalue weighted by Crippen LogP contribution is 2.35. The predicted molar refractivity (Wildman–Crippen MR) is 130 cm³/mol. The van der Waals surface area contributed by atoms with E-state index in [0.717, 1.165) is 30.4 Å². The van der Waals surface area contributed by atoms with E-state index in [4.69, 9.17) is 0 Å². The second-order valence-electron chi connectivity index (χ2n) is 9.03. The first-order valence-electron chi connectivity index (χ1n) is 12.1. The number of hydrogen-bond acceptors (Lipinski definition) is 1. The lowest BCUT2D eigenvalue weighted by atomic mass is 9.79. The van der Waals surface area contributed by atoms with Crippen molar-refractivity contribution in [3.63, 3.8) is 0 Å². The first-order valence-corrected chi connectivity index (χ1v) is 12.1. The third kappa shape index (κ3) is 6.66. The van der Waals surface area contributed by atoms with Gasteiger partial charge < -0.3 is 4.74 Å². The van der Waals surface area contributed by atoms with Gasteiger partial charge in [-0.2, -0.15) is 0 Å². The molecule has 0 bridgehead atoms. The molecule has 1 aliphatic rings. The SMILES string of the molecule is CCCCCc1ccc(C2CCc3c(ccc(C#Cc4ccc(OC(F)(F)F)cc4)c3F)C2)cc1. The van der Waals surface area contributed by atoms with Crippen LogP contribution >= 0.6 is 0 Å². The summed E-state index contributed by atoms with van der Waals surface area (Å²) in [5.74, 6) is 5.42. The first-order chi connectivity index (χ1) is 16.8. The molecule has 182 valence electrons. The maximum absolute atomic E-state index is 15.2. The highest BCUT2D eigenvalue weighted by molar-refractivity contribution is 5.48. The van der Waals surface area contributed by atoms with Crippen molar-refractivity contribution in [2.75, 3.05) is 0 Å². The molecule has 0 N–H and O–H groups in total. The van der Waals surface area contributed by atoms with Gasteiger partial charge in [-0.25, -0.2) is 4.39 Å². The summed E-state index contributed by atoms with van der Waals surface area (Å²) in [6.45, 7) is 2.21. The van der Waals surface area contributed by atoms with Crippen molar-refractivity contribution in [3.05, 3.63) is 99.9 Å². The number of ether oxygens (including phenoxy) is 1. The molecule has 0 fully saturated rings. The number of aryl methyl sites for hydroxylation is 1. The Morgan fingerprint density at radius 2 is 1.66 bits per heavy atom. The Morgan fingerprint density at radius 1 is 0.914 bits per heavy atom. The van der Waals surface area contributed by atoms with Gasteiger partial charge in [-0.1, -0.05) is 61.9 Å². The molecular weight excluding hydrogens is 452 g/mol. The predicted octanol–water partition coefficient (Wildman–Crippen LogP) is 8.13. The third-order valence-electron chi connectivity index (χ3n) is 6.50. The molecule has 1 atom stereocenters. The van der Waals surface area contributed by atoms with Crippen LogP contribution in [-0.2, 0) is 19.3 Å². The average molecular weight is 481 g/mol. The molecule has 3 aromatic rings. The van der Waals surface area contributed by atoms with Gasteiger partial charge in [0.2, 0.25) is 0 Å². The summed E-state index contributed by atoms with van der Waals surface area (Å²) in [6, 6.07) is 17.8. The fourth-order valence-corrected chi connectivity index (χ4v) is 4.60. The van der Waals surface area contributed by atoms with Gasteiger partial charge in [-0.15, -0.1) is 13.2 Å². The van der Waals surface area contributed by atoms with Gasteiger partial charge in [0, 0.05) is 5.56 Å². The molecule has 1 aliphatic carbocycles. The Morgan fingerprint density at radius 3 is 2.34 bits per heavy atom. The van der Waals surface area contributed by atoms with E-state index >= 15 is 4.39 Å². The molecule has 0 heterocycles. The smallest absolute Gasteiger partial charge is 0.406 e. The lowest BCUT2D eigenvalue weighted by Crippen LogP contribution is -2.16. The molecule has 0 radical (unpaired) electrons. The molecule has 5 heteroatoms. The van der Waals surface area contributed by atoms with Gasteiger partial charge >= 0.3 is 6.36 Å². The van der Waals surface area contributed by atoms with Gasteiger partial charge in [0.15, 0.2) is 0 Å². The maximum Gasteiger partial charge on any atom is 0.573 e. The summed E-state index contributed by atoms with van der Waals surface area (Å²) in [5, 5.41) is 0. The molecule has 0 saturated carbocycles. The minimum atomic E-state index is -4.74. The monoisotopic (exact) mass is 480 g/mol. The van der Waals surface area contributed by atoms with Crippen LogP contribution in [0.3, 0.4) is 0 Å². The Hall–Kier alpha value is -3.26. The lowest BCUT2D eigenvalue weighted by molar-refractivity contribution is -0.274. The summed E-state index contributed by atoms with van der Waals surface area (Å²) in [7, 11) is 0. The molecule has 35 heavy (non-hydrogen) atoms. The second-order valence-corrected chi connectivity index (χ2v) is 9.03. The standard InChI is InChI=1S/C30H28F4O/c1-2-3-4-5-21-6-11-23(12-7-21)25-16-19-28-26(20-25)15-14-24(29(28)31)13-8-22-9-17-27(18-10-22)35-30(32,33)34/h6-7,9-12,14-15,17-18,25H,2-5,16,19-20H2,1H3. The van der Waals surface area contributed by atoms with E-state index in [-0.39, 0.29) is 11.6 Å². The zero-order valence-electron chi connectivity index (χ0n) is 19.7. The highest BCUT2D eigenvalue weighted by Gasteiger charge is 2.31. The van der Waals surface area contributed by atoms with Crippen LogP contribution < -0.4 is 4.74 Å². The maximum atomic E-state index is 15.2. The first kappa shape index (κ1) is 24.9. The van der Waals surface area contributed by atoms with Crippen molar-refractivity contribution in [2.45, 2.75) is 64.1 Å². The number of benzene rings is 3. The van der Waals surface area contributed by atoms with Crippen LogP contribution in [0.15, 0.2) is 60.7 Å². The van der Waals surface area contributed by atoms with Gasteiger partial charge in [-0.3, -0.25) is 0 Å². The minimum absolute atomic E-state index is 0.295. The number of unbranched alkanes of at least 4 members (excludes halogenated alkanes) is 2. The van der Waals surface area contributed by atoms with Crippen molar-refractivity contribution >= 4 is 0 Å². The molecule has 1 unspecified atom stereocenters. The van der Waals surface area contributed by atoms with Crippen LogP contribution in [0, 0.1) is 17.7 Å². The summed E-state index contributed by atoms with van der Waals surface area (Å²) in [4.78, 5) is 0. The highest BCUT2D eigenvalue weighted by atomic mass is 19.4. The largest absolute Gasteiger partial charge is 0.573 e. The Labute approximate surface area is 204 Å². The number of halogens is 4. The van der Waals surface area contributed by atoms with Crippen LogP contribution in [0.5, 0.6) is 5.75 Å². The fourth-order valence-electron chi connectivity index (χ4n) is 4.60. The van der Waals surface area contributed by atoms with E-state index in [1.807, 2.05) is 6.07 Å². The summed E-state index contributed by atoms with van der Waals surface area (Å²) < 4.78 is 55.9. The quantitative estimate of drug-likeness (QED) is 0.197. The zero-order chi connectivity index (χ0) is 24.8. The normalized spacial score (nSPS) is 15.2. The Bertz CT molecular complexity index is 1200. The third-order valence-corrected chi connectivity index (χ3v) is 6.50. The molecule has 0 spiro atoms. The van der Waals surface area contributed by atoms with Crippen molar-refractivity contribution in [1.29, 1.82) is 0 Å². The van der Waals surface area contributed by atoms with Gasteiger partial charge in [0.05, 0.1) is 5.56 Å². The van der Waals surface area contributed by atoms with Crippen molar-refractivity contribution in [1.82, 2.24) is 0 Å². The van der Waals surface area contributed by atoms with E-state index in [1.54, 1.807) is 6.07 Å². The van der Waals surface area contributed by atoms with Gasteiger partial charge in [0.1, 0.15) is 11.6 Å². The van der Waals surface area contributed by atoms with E-state index < -0.39 is 6.36 Å². The van der Waals surface area contributed by atoms with Crippen LogP contribution in [-0.4, -0.2) is 6.36 Å². The molecule has 1 nitrogen and oxygen atoms in total. The fraction of sp³-hybridized carbons (Fsp3) is 0.333. The molecule has 3 aromatic carbocycles. The van der Waals surface area contributed by atoms with Crippen molar-refractivity contribution in [2.24, 2.45) is 0 Å². The zero-order valence-corrected chi connectivity index (χ0v) is 19.7. The van der Waals surface area contributed by atoms with Crippen LogP contribution in [0.1, 0.15) is 71.9 Å². The second kappa shape index (κ2) is 11.0. The summed E-state index contributed by atoms with van der Waals surface area (Å²) >= 11 is 0. The van der Waals surface area contributed by atoms with E-state index in [1.165, 1.54) is 54.7 Å². The average Bonchev–Trinajstić information content (AvgIpc) is 2.84. The van der Waals surface area contributed by atoms with Gasteiger partial charge in [-0.05, 0) is 90.6 Å². The summed E-state index contributed by atoms with van der Waals surface area (Å²) in [5.41, 5.74) is 5.19. The minimum Gasteiger partial charge on any atom is -0.406 e. The number of hydrogen-bond donors (Lipinski definition) is 0.